The third-order valence-corrected chi connectivity index (χ3v) is 2.88. The molecule has 0 aliphatic carbocycles. The summed E-state index contributed by atoms with van der Waals surface area (Å²) < 4.78 is 60.9. The number of amides is 1. The molecule has 0 saturated carbocycles. The molecule has 1 atom stereocenters. The Morgan fingerprint density at radius 1 is 1.33 bits per heavy atom. The van der Waals surface area contributed by atoms with E-state index in [2.05, 4.69) is 0 Å². The van der Waals surface area contributed by atoms with E-state index in [0.29, 0.717) is 0 Å². The fraction of sp³-hybridized carbons (Fsp3) is 0.778. The SMILES string of the molecule is O=C(N1CCC(CC(F)F)(C(=O)O)C1)C(F)(F)F. The number of hydrogen-bond donors (Lipinski definition) is 1. The van der Waals surface area contributed by atoms with Crippen LogP contribution in [0.2, 0.25) is 0 Å². The van der Waals surface area contributed by atoms with Crippen molar-refractivity contribution in [1.29, 1.82) is 0 Å². The Labute approximate surface area is 98.4 Å². The van der Waals surface area contributed by atoms with Crippen LogP contribution < -0.4 is 0 Å². The first-order valence-corrected chi connectivity index (χ1v) is 4.96. The normalized spacial score (nSPS) is 24.7. The van der Waals surface area contributed by atoms with Crippen LogP contribution in [-0.4, -0.2) is 47.6 Å². The average molecular weight is 275 g/mol. The van der Waals surface area contributed by atoms with Crippen LogP contribution in [0.4, 0.5) is 22.0 Å². The summed E-state index contributed by atoms with van der Waals surface area (Å²) in [6.07, 6.45) is -9.56. The Hall–Kier alpha value is -1.41. The van der Waals surface area contributed by atoms with Crippen LogP contribution in [0, 0.1) is 5.41 Å². The first kappa shape index (κ1) is 14.7. The van der Waals surface area contributed by atoms with Gasteiger partial charge in [-0.15, -0.1) is 0 Å². The first-order valence-electron chi connectivity index (χ1n) is 4.96. The highest BCUT2D eigenvalue weighted by Gasteiger charge is 2.52. The molecular weight excluding hydrogens is 265 g/mol. The van der Waals surface area contributed by atoms with Gasteiger partial charge in [0.2, 0.25) is 6.43 Å². The number of aliphatic carboxylic acids is 1. The summed E-state index contributed by atoms with van der Waals surface area (Å²) in [4.78, 5) is 22.1. The molecule has 1 N–H and O–H groups in total. The smallest absolute Gasteiger partial charge is 0.471 e. The fourth-order valence-electron chi connectivity index (χ4n) is 1.95. The van der Waals surface area contributed by atoms with Crippen LogP contribution in [0.3, 0.4) is 0 Å². The predicted octanol–water partition coefficient (Wildman–Crippen LogP) is 1.51. The van der Waals surface area contributed by atoms with Crippen LogP contribution in [0.15, 0.2) is 0 Å². The molecule has 0 spiro atoms. The quantitative estimate of drug-likeness (QED) is 0.794. The zero-order valence-corrected chi connectivity index (χ0v) is 9.01. The lowest BCUT2D eigenvalue weighted by Crippen LogP contribution is -2.43. The summed E-state index contributed by atoms with van der Waals surface area (Å²) in [6, 6.07) is 0. The van der Waals surface area contributed by atoms with Gasteiger partial charge in [-0.2, -0.15) is 13.2 Å². The van der Waals surface area contributed by atoms with Crippen LogP contribution in [0.25, 0.3) is 0 Å². The molecule has 1 aliphatic rings. The fourth-order valence-corrected chi connectivity index (χ4v) is 1.95. The number of hydrogen-bond acceptors (Lipinski definition) is 2. The molecule has 0 radical (unpaired) electrons. The molecule has 1 amide bonds. The van der Waals surface area contributed by atoms with Crippen LogP contribution >= 0.6 is 0 Å². The molecule has 0 bridgehead atoms. The zero-order chi connectivity index (χ0) is 14.1. The van der Waals surface area contributed by atoms with Gasteiger partial charge in [-0.25, -0.2) is 8.78 Å². The highest BCUT2D eigenvalue weighted by molar-refractivity contribution is 5.84. The van der Waals surface area contributed by atoms with Gasteiger partial charge in [-0.1, -0.05) is 0 Å². The molecule has 1 aliphatic heterocycles. The minimum atomic E-state index is -5.13. The van der Waals surface area contributed by atoms with E-state index in [1.165, 1.54) is 0 Å². The molecule has 9 heteroatoms. The monoisotopic (exact) mass is 275 g/mol. The second kappa shape index (κ2) is 4.69. The minimum Gasteiger partial charge on any atom is -0.481 e. The van der Waals surface area contributed by atoms with Gasteiger partial charge in [0, 0.05) is 19.5 Å². The van der Waals surface area contributed by atoms with Crippen molar-refractivity contribution in [3.05, 3.63) is 0 Å². The molecule has 104 valence electrons. The number of carbonyl (C=O) groups is 2. The van der Waals surface area contributed by atoms with Gasteiger partial charge in [-0.05, 0) is 6.42 Å². The van der Waals surface area contributed by atoms with Crippen molar-refractivity contribution in [2.75, 3.05) is 13.1 Å². The topological polar surface area (TPSA) is 57.6 Å². The van der Waals surface area contributed by atoms with E-state index >= 15 is 0 Å². The molecule has 1 fully saturated rings. The van der Waals surface area contributed by atoms with Crippen molar-refractivity contribution >= 4 is 11.9 Å². The lowest BCUT2D eigenvalue weighted by atomic mass is 9.84. The number of likely N-dealkylation sites (tertiary alicyclic amines) is 1. The van der Waals surface area contributed by atoms with Gasteiger partial charge in [0.1, 0.15) is 0 Å². The zero-order valence-electron chi connectivity index (χ0n) is 9.01. The highest BCUT2D eigenvalue weighted by atomic mass is 19.4. The molecule has 1 unspecified atom stereocenters. The Balaban J connectivity index is 2.84. The number of carbonyl (C=O) groups excluding carboxylic acids is 1. The summed E-state index contributed by atoms with van der Waals surface area (Å²) in [5.41, 5.74) is -1.99. The molecule has 1 saturated heterocycles. The summed E-state index contributed by atoms with van der Waals surface area (Å²) >= 11 is 0. The van der Waals surface area contributed by atoms with E-state index in [0.717, 1.165) is 0 Å². The van der Waals surface area contributed by atoms with Crippen LogP contribution in [0.1, 0.15) is 12.8 Å². The lowest BCUT2D eigenvalue weighted by molar-refractivity contribution is -0.185. The van der Waals surface area contributed by atoms with Crippen molar-refractivity contribution in [3.8, 4) is 0 Å². The van der Waals surface area contributed by atoms with Crippen molar-refractivity contribution in [1.82, 2.24) is 4.90 Å². The molecule has 0 aromatic heterocycles. The van der Waals surface area contributed by atoms with E-state index < -0.39 is 55.8 Å². The Kier molecular flexibility index (Phi) is 3.82. The molecule has 0 aromatic rings. The summed E-state index contributed by atoms with van der Waals surface area (Å²) in [5.74, 6) is -3.81. The van der Waals surface area contributed by atoms with Crippen molar-refractivity contribution in [2.45, 2.75) is 25.4 Å². The maximum atomic E-state index is 12.3. The third kappa shape index (κ3) is 2.88. The number of nitrogens with zero attached hydrogens (tertiary/aromatic N) is 1. The summed E-state index contributed by atoms with van der Waals surface area (Å²) in [7, 11) is 0. The summed E-state index contributed by atoms with van der Waals surface area (Å²) in [6.45, 7) is -1.33. The number of carboxylic acid groups (broad SMARTS) is 1. The molecular formula is C9H10F5NO3. The maximum Gasteiger partial charge on any atom is 0.471 e. The van der Waals surface area contributed by atoms with Crippen molar-refractivity contribution in [2.24, 2.45) is 5.41 Å². The third-order valence-electron chi connectivity index (χ3n) is 2.88. The Morgan fingerprint density at radius 2 is 1.89 bits per heavy atom. The van der Waals surface area contributed by atoms with Crippen LogP contribution in [-0.2, 0) is 9.59 Å². The Bertz CT molecular complexity index is 357. The number of alkyl halides is 5. The van der Waals surface area contributed by atoms with Gasteiger partial charge >= 0.3 is 18.1 Å². The number of carboxylic acids is 1. The second-order valence-electron chi connectivity index (χ2n) is 4.16. The van der Waals surface area contributed by atoms with Gasteiger partial charge < -0.3 is 10.0 Å². The number of halogens is 5. The van der Waals surface area contributed by atoms with Crippen molar-refractivity contribution < 1.29 is 36.6 Å². The van der Waals surface area contributed by atoms with Gasteiger partial charge in [-0.3, -0.25) is 9.59 Å². The van der Waals surface area contributed by atoms with E-state index in [1.54, 1.807) is 0 Å². The lowest BCUT2D eigenvalue weighted by Gasteiger charge is -2.24. The predicted molar refractivity (Wildman–Crippen MR) is 47.9 cm³/mol. The highest BCUT2D eigenvalue weighted by Crippen LogP contribution is 2.38. The molecule has 0 aromatic carbocycles. The number of rotatable bonds is 3. The van der Waals surface area contributed by atoms with Gasteiger partial charge in [0.25, 0.3) is 0 Å². The molecule has 4 nitrogen and oxygen atoms in total. The standard InChI is InChI=1S/C9H10F5NO3/c10-5(11)3-8(7(17)18)1-2-15(4-8)6(16)9(12,13)14/h5H,1-4H2,(H,17,18). The largest absolute Gasteiger partial charge is 0.481 e. The van der Waals surface area contributed by atoms with E-state index in [4.69, 9.17) is 5.11 Å². The van der Waals surface area contributed by atoms with E-state index in [9.17, 15) is 31.5 Å². The molecule has 1 rings (SSSR count). The summed E-state index contributed by atoms with van der Waals surface area (Å²) in [5, 5.41) is 8.86. The van der Waals surface area contributed by atoms with Crippen LogP contribution in [0.5, 0.6) is 0 Å². The van der Waals surface area contributed by atoms with E-state index in [-0.39, 0.29) is 4.90 Å². The van der Waals surface area contributed by atoms with Crippen molar-refractivity contribution in [3.63, 3.8) is 0 Å². The average Bonchev–Trinajstić information content (AvgIpc) is 2.59. The maximum absolute atomic E-state index is 12.3. The first-order chi connectivity index (χ1) is 8.08. The molecule has 1 heterocycles. The Morgan fingerprint density at radius 3 is 2.28 bits per heavy atom. The van der Waals surface area contributed by atoms with E-state index in [1.807, 2.05) is 0 Å². The van der Waals surface area contributed by atoms with Gasteiger partial charge in [0.15, 0.2) is 0 Å². The minimum absolute atomic E-state index is 0.260. The second-order valence-corrected chi connectivity index (χ2v) is 4.16. The molecule has 18 heavy (non-hydrogen) atoms. The van der Waals surface area contributed by atoms with Gasteiger partial charge in [0.05, 0.1) is 5.41 Å².